The lowest BCUT2D eigenvalue weighted by atomic mass is 10.0. The van der Waals surface area contributed by atoms with E-state index in [0.717, 1.165) is 6.42 Å². The van der Waals surface area contributed by atoms with Crippen LogP contribution in [0, 0.1) is 12.3 Å². The number of anilines is 1. The van der Waals surface area contributed by atoms with Crippen LogP contribution in [0.1, 0.15) is 54.7 Å². The summed E-state index contributed by atoms with van der Waals surface area (Å²) in [5, 5.41) is 28.3. The van der Waals surface area contributed by atoms with Crippen molar-refractivity contribution in [2.24, 2.45) is 10.2 Å². The predicted octanol–water partition coefficient (Wildman–Crippen LogP) is 0.802. The number of terminal acetylenes is 1. The van der Waals surface area contributed by atoms with Crippen LogP contribution in [0.25, 0.3) is 0 Å². The first-order chi connectivity index (χ1) is 17.3. The Kier molecular flexibility index (Phi) is 9.02. The quantitative estimate of drug-likeness (QED) is 0.364. The molecule has 0 radical (unpaired) electrons. The smallest absolute Gasteiger partial charge is 0.276 e. The van der Waals surface area contributed by atoms with Crippen molar-refractivity contribution in [3.05, 3.63) is 29.8 Å². The van der Waals surface area contributed by atoms with Crippen molar-refractivity contribution < 1.29 is 14.7 Å². The highest BCUT2D eigenvalue weighted by Crippen LogP contribution is 2.37. The zero-order chi connectivity index (χ0) is 26.1. The second-order valence-corrected chi connectivity index (χ2v) is 8.63. The number of aromatic nitrogens is 5. The zero-order valence-electron chi connectivity index (χ0n) is 20.8. The molecule has 192 valence electrons. The summed E-state index contributed by atoms with van der Waals surface area (Å²) in [5.74, 6) is 2.20. The fraction of sp³-hybridized carbons (Fsp3) is 0.565. The van der Waals surface area contributed by atoms with Gasteiger partial charge in [0.1, 0.15) is 6.04 Å². The van der Waals surface area contributed by atoms with Gasteiger partial charge in [0, 0.05) is 64.4 Å². The van der Waals surface area contributed by atoms with Crippen LogP contribution in [-0.2, 0) is 11.3 Å². The van der Waals surface area contributed by atoms with Gasteiger partial charge in [-0.25, -0.2) is 14.6 Å². The van der Waals surface area contributed by atoms with Crippen molar-refractivity contribution in [2.75, 3.05) is 38.7 Å². The van der Waals surface area contributed by atoms with Gasteiger partial charge in [-0.05, 0) is 6.42 Å². The molecule has 1 aliphatic heterocycles. The first-order valence-corrected chi connectivity index (χ1v) is 11.8. The summed E-state index contributed by atoms with van der Waals surface area (Å²) in [5.41, 5.74) is -0.160. The number of aliphatic hydroxyl groups excluding tert-OH is 1. The Hall–Kier alpha value is -3.92. The number of carbonyl (C=O) groups is 2. The number of hydrogen-bond acceptors (Lipinski definition) is 10. The fourth-order valence-corrected chi connectivity index (χ4v) is 3.59. The number of hydrogen-bond donors (Lipinski definition) is 2. The molecule has 0 aromatic carbocycles. The Morgan fingerprint density at radius 2 is 1.97 bits per heavy atom. The van der Waals surface area contributed by atoms with Crippen molar-refractivity contribution >= 4 is 17.8 Å². The Balaban J connectivity index is 1.97. The molecule has 1 atom stereocenters. The van der Waals surface area contributed by atoms with Gasteiger partial charge in [0.25, 0.3) is 5.91 Å². The van der Waals surface area contributed by atoms with Gasteiger partial charge < -0.3 is 20.2 Å². The number of nitrogens with zero attached hydrogens (tertiary/aromatic N) is 9. The summed E-state index contributed by atoms with van der Waals surface area (Å²) >= 11 is 0. The van der Waals surface area contributed by atoms with Crippen molar-refractivity contribution in [1.82, 2.24) is 35.2 Å². The third-order valence-electron chi connectivity index (χ3n) is 5.64. The van der Waals surface area contributed by atoms with Crippen molar-refractivity contribution in [3.63, 3.8) is 0 Å². The van der Waals surface area contributed by atoms with E-state index in [9.17, 15) is 14.7 Å². The molecule has 2 aromatic heterocycles. The molecule has 13 nitrogen and oxygen atoms in total. The van der Waals surface area contributed by atoms with E-state index < -0.39 is 17.6 Å². The summed E-state index contributed by atoms with van der Waals surface area (Å²) in [6.45, 7) is 2.57. The predicted molar refractivity (Wildman–Crippen MR) is 131 cm³/mol. The van der Waals surface area contributed by atoms with Crippen LogP contribution in [-0.4, -0.2) is 86.2 Å². The van der Waals surface area contributed by atoms with Crippen LogP contribution in [0.15, 0.2) is 28.8 Å². The molecular formula is C23H32N10O3. The molecule has 2 aromatic rings. The molecule has 0 bridgehead atoms. The average Bonchev–Trinajstić information content (AvgIpc) is 3.50. The van der Waals surface area contributed by atoms with Gasteiger partial charge in [-0.3, -0.25) is 9.59 Å². The average molecular weight is 497 g/mol. The lowest BCUT2D eigenvalue weighted by molar-refractivity contribution is -0.126. The lowest BCUT2D eigenvalue weighted by Crippen LogP contribution is -2.45. The van der Waals surface area contributed by atoms with Gasteiger partial charge in [-0.15, -0.1) is 17.4 Å². The van der Waals surface area contributed by atoms with Gasteiger partial charge in [0.15, 0.2) is 11.4 Å². The number of carbonyl (C=O) groups excluding carboxylic acids is 2. The monoisotopic (exact) mass is 496 g/mol. The second kappa shape index (κ2) is 12.2. The van der Waals surface area contributed by atoms with E-state index in [1.54, 1.807) is 17.3 Å². The summed E-state index contributed by atoms with van der Waals surface area (Å²) in [6, 6.07) is -1.02. The molecular weight excluding hydrogens is 464 g/mol. The standard InChI is InChI=1S/C23H32N10O3/c1-5-7-8-23(28-29-23)9-11-33(21(36)18-16-32(12-13-34)30-27-18)19(20(35)24-10-6-2)17-14-25-22(26-15-17)31(3)4/h1,14-16,19,34H,6-13H2,2-4H3,(H,24,35). The van der Waals surface area contributed by atoms with Gasteiger partial charge in [0.05, 0.1) is 19.3 Å². The molecule has 36 heavy (non-hydrogen) atoms. The van der Waals surface area contributed by atoms with E-state index in [1.807, 2.05) is 21.0 Å². The first kappa shape index (κ1) is 26.7. The maximum Gasteiger partial charge on any atom is 0.276 e. The molecule has 13 heteroatoms. The molecule has 1 aliphatic rings. The number of nitrogens with one attached hydrogen (secondary N) is 1. The van der Waals surface area contributed by atoms with Crippen molar-refractivity contribution in [2.45, 2.75) is 50.9 Å². The first-order valence-electron chi connectivity index (χ1n) is 11.8. The van der Waals surface area contributed by atoms with Crippen LogP contribution in [0.4, 0.5) is 5.95 Å². The van der Waals surface area contributed by atoms with Crippen molar-refractivity contribution in [1.29, 1.82) is 0 Å². The topological polar surface area (TPSA) is 154 Å². The van der Waals surface area contributed by atoms with Gasteiger partial charge in [0.2, 0.25) is 11.9 Å². The molecule has 1 unspecified atom stereocenters. The van der Waals surface area contributed by atoms with Gasteiger partial charge in [-0.1, -0.05) is 12.1 Å². The third kappa shape index (κ3) is 6.60. The summed E-state index contributed by atoms with van der Waals surface area (Å²) < 4.78 is 1.37. The molecule has 0 spiro atoms. The van der Waals surface area contributed by atoms with E-state index in [0.29, 0.717) is 37.3 Å². The lowest BCUT2D eigenvalue weighted by Gasteiger charge is -2.31. The minimum absolute atomic E-state index is 0.0462. The summed E-state index contributed by atoms with van der Waals surface area (Å²) in [6.07, 6.45) is 12.1. The third-order valence-corrected chi connectivity index (χ3v) is 5.64. The SMILES string of the molecule is C#CCCC1(CCN(C(=O)c2cn(CCO)nn2)C(C(=O)NCCC)c2cnc(N(C)C)nc2)N=N1. The van der Waals surface area contributed by atoms with Crippen LogP contribution < -0.4 is 10.2 Å². The Labute approximate surface area is 210 Å². The van der Waals surface area contributed by atoms with Crippen LogP contribution in [0.2, 0.25) is 0 Å². The van der Waals surface area contributed by atoms with Gasteiger partial charge >= 0.3 is 0 Å². The fourth-order valence-electron chi connectivity index (χ4n) is 3.59. The Bertz CT molecular complexity index is 1100. The highest BCUT2D eigenvalue weighted by atomic mass is 16.3. The van der Waals surface area contributed by atoms with Crippen LogP contribution in [0.3, 0.4) is 0 Å². The number of aliphatic hydroxyl groups is 1. The maximum absolute atomic E-state index is 13.7. The molecule has 3 heterocycles. The number of rotatable bonds is 14. The molecule has 3 rings (SSSR count). The Morgan fingerprint density at radius 1 is 1.25 bits per heavy atom. The molecule has 0 fully saturated rings. The van der Waals surface area contributed by atoms with E-state index >= 15 is 0 Å². The van der Waals surface area contributed by atoms with E-state index in [4.69, 9.17) is 6.42 Å². The second-order valence-electron chi connectivity index (χ2n) is 8.63. The summed E-state index contributed by atoms with van der Waals surface area (Å²) in [7, 11) is 3.62. The minimum Gasteiger partial charge on any atom is -0.394 e. The highest BCUT2D eigenvalue weighted by Gasteiger charge is 2.42. The molecule has 2 amide bonds. The van der Waals surface area contributed by atoms with E-state index in [2.05, 4.69) is 41.7 Å². The molecule has 0 aliphatic carbocycles. The zero-order valence-corrected chi connectivity index (χ0v) is 20.8. The molecule has 0 saturated carbocycles. The normalized spacial score (nSPS) is 14.1. The molecule has 2 N–H and O–H groups in total. The summed E-state index contributed by atoms with van der Waals surface area (Å²) in [4.78, 5) is 39.0. The minimum atomic E-state index is -1.02. The molecule has 0 saturated heterocycles. The van der Waals surface area contributed by atoms with Crippen LogP contribution in [0.5, 0.6) is 0 Å². The maximum atomic E-state index is 13.7. The van der Waals surface area contributed by atoms with E-state index in [1.165, 1.54) is 15.8 Å². The Morgan fingerprint density at radius 3 is 2.56 bits per heavy atom. The van der Waals surface area contributed by atoms with Gasteiger partial charge in [-0.2, -0.15) is 10.2 Å². The van der Waals surface area contributed by atoms with E-state index in [-0.39, 0.29) is 31.3 Å². The van der Waals surface area contributed by atoms with Crippen molar-refractivity contribution in [3.8, 4) is 12.3 Å². The van der Waals surface area contributed by atoms with Crippen LogP contribution >= 0.6 is 0 Å². The largest absolute Gasteiger partial charge is 0.394 e. The number of amides is 2. The highest BCUT2D eigenvalue weighted by molar-refractivity contribution is 5.96.